The number of halogens is 3. The molecule has 9 nitrogen and oxygen atoms in total. The minimum atomic E-state index is -3.52. The van der Waals surface area contributed by atoms with Crippen LogP contribution in [0.4, 0.5) is 29.5 Å². The third-order valence-electron chi connectivity index (χ3n) is 5.26. The molecule has 1 aliphatic heterocycles. The molecule has 0 radical (unpaired) electrons. The number of aliphatic hydroxyl groups is 1. The van der Waals surface area contributed by atoms with Crippen LogP contribution in [-0.2, 0) is 4.74 Å². The predicted molar refractivity (Wildman–Crippen MR) is 108 cm³/mol. The third-order valence-corrected chi connectivity index (χ3v) is 5.26. The van der Waals surface area contributed by atoms with E-state index in [0.29, 0.717) is 18.7 Å². The van der Waals surface area contributed by atoms with Gasteiger partial charge >= 0.3 is 12.0 Å². The van der Waals surface area contributed by atoms with Crippen LogP contribution in [0.25, 0.3) is 0 Å². The Morgan fingerprint density at radius 2 is 2.03 bits per heavy atom. The van der Waals surface area contributed by atoms with Crippen molar-refractivity contribution in [1.82, 2.24) is 14.7 Å². The van der Waals surface area contributed by atoms with E-state index in [9.17, 15) is 22.8 Å². The number of benzene rings is 1. The molecule has 0 saturated carbocycles. The van der Waals surface area contributed by atoms with Crippen molar-refractivity contribution < 1.29 is 32.6 Å². The van der Waals surface area contributed by atoms with Gasteiger partial charge in [-0.1, -0.05) is 6.92 Å². The highest BCUT2D eigenvalue weighted by Crippen LogP contribution is 2.30. The topological polar surface area (TPSA) is 123 Å². The van der Waals surface area contributed by atoms with E-state index < -0.39 is 37.0 Å². The van der Waals surface area contributed by atoms with Crippen molar-refractivity contribution in [1.29, 1.82) is 0 Å². The minimum absolute atomic E-state index is 0.0391. The quantitative estimate of drug-likeness (QED) is 0.590. The first-order chi connectivity index (χ1) is 15.1. The molecular formula is C20H24F3N5O4. The van der Waals surface area contributed by atoms with Gasteiger partial charge in [-0.25, -0.2) is 18.0 Å². The second kappa shape index (κ2) is 9.47. The van der Waals surface area contributed by atoms with Crippen LogP contribution in [-0.4, -0.2) is 64.0 Å². The molecule has 1 unspecified atom stereocenters. The van der Waals surface area contributed by atoms with Gasteiger partial charge in [0.2, 0.25) is 0 Å². The van der Waals surface area contributed by atoms with Crippen molar-refractivity contribution in [2.75, 3.05) is 31.6 Å². The number of rotatable bonds is 7. The fraction of sp³-hybridized carbons (Fsp3) is 0.450. The summed E-state index contributed by atoms with van der Waals surface area (Å²) in [6, 6.07) is 5.06. The molecule has 32 heavy (non-hydrogen) atoms. The molecule has 3 rings (SSSR count). The Kier molecular flexibility index (Phi) is 6.92. The van der Waals surface area contributed by atoms with Crippen molar-refractivity contribution >= 4 is 23.5 Å². The number of nitrogens with two attached hydrogens (primary N) is 1. The van der Waals surface area contributed by atoms with Gasteiger partial charge in [0.05, 0.1) is 6.04 Å². The van der Waals surface area contributed by atoms with Crippen LogP contribution < -0.4 is 11.1 Å². The summed E-state index contributed by atoms with van der Waals surface area (Å²) in [6.45, 7) is -0.302. The zero-order chi connectivity index (χ0) is 23.5. The maximum absolute atomic E-state index is 13.2. The van der Waals surface area contributed by atoms with Crippen LogP contribution >= 0.6 is 0 Å². The molecule has 4 N–H and O–H groups in total. The monoisotopic (exact) mass is 455 g/mol. The fourth-order valence-corrected chi connectivity index (χ4v) is 3.37. The first kappa shape index (κ1) is 23.4. The van der Waals surface area contributed by atoms with E-state index in [2.05, 4.69) is 15.2 Å². The zero-order valence-electron chi connectivity index (χ0n) is 17.3. The zero-order valence-corrected chi connectivity index (χ0v) is 17.3. The maximum Gasteiger partial charge on any atom is 0.410 e. The molecule has 0 spiro atoms. The lowest BCUT2D eigenvalue weighted by Gasteiger charge is -2.36. The van der Waals surface area contributed by atoms with Crippen molar-refractivity contribution in [2.24, 2.45) is 11.7 Å². The number of primary amides is 1. The largest absolute Gasteiger partial charge is 0.443 e. The van der Waals surface area contributed by atoms with E-state index in [0.717, 1.165) is 0 Å². The lowest BCUT2D eigenvalue weighted by atomic mass is 9.94. The predicted octanol–water partition coefficient (Wildman–Crippen LogP) is 2.51. The molecule has 0 aliphatic carbocycles. The summed E-state index contributed by atoms with van der Waals surface area (Å²) < 4.78 is 45.6. The first-order valence-corrected chi connectivity index (χ1v) is 9.91. The molecule has 2 amide bonds. The summed E-state index contributed by atoms with van der Waals surface area (Å²) in [6.07, 6.45) is 1.06. The standard InChI is InChI=1S/C20H24F3N5O4/c1-12-6-7-27(19(31)32-11-20(22,23)10-29)9-16(12)28-8-15(17(24)30)18(26-28)25-14-4-2-13(21)3-5-14/h2-5,8,12,16,29H,6-7,9-11H2,1H3,(H2,24,30)(H,25,26)/t12-,16?/m1/s1. The number of hydrogen-bond donors (Lipinski definition) is 3. The molecule has 1 fully saturated rings. The number of aliphatic hydroxyl groups excluding tert-OH is 1. The molecule has 1 aliphatic rings. The molecule has 1 saturated heterocycles. The van der Waals surface area contributed by atoms with Gasteiger partial charge in [-0.05, 0) is 36.6 Å². The minimum Gasteiger partial charge on any atom is -0.443 e. The molecule has 12 heteroatoms. The Morgan fingerprint density at radius 1 is 1.34 bits per heavy atom. The smallest absolute Gasteiger partial charge is 0.410 e. The summed E-state index contributed by atoms with van der Waals surface area (Å²) >= 11 is 0. The number of piperidine rings is 1. The fourth-order valence-electron chi connectivity index (χ4n) is 3.37. The van der Waals surface area contributed by atoms with E-state index >= 15 is 0 Å². The first-order valence-electron chi connectivity index (χ1n) is 9.91. The van der Waals surface area contributed by atoms with Gasteiger partial charge in [-0.15, -0.1) is 0 Å². The SMILES string of the molecule is C[C@@H]1CCN(C(=O)OCC(F)(F)CO)CC1n1cc(C(N)=O)c(Nc2ccc(F)cc2)n1. The highest BCUT2D eigenvalue weighted by molar-refractivity contribution is 5.98. The number of nitrogens with one attached hydrogen (secondary N) is 1. The van der Waals surface area contributed by atoms with Crippen LogP contribution in [0.2, 0.25) is 0 Å². The lowest BCUT2D eigenvalue weighted by Crippen LogP contribution is -2.45. The van der Waals surface area contributed by atoms with E-state index in [1.54, 1.807) is 0 Å². The van der Waals surface area contributed by atoms with Crippen molar-refractivity contribution in [3.8, 4) is 0 Å². The van der Waals surface area contributed by atoms with Crippen LogP contribution in [0.3, 0.4) is 0 Å². The number of anilines is 2. The van der Waals surface area contributed by atoms with Crippen molar-refractivity contribution in [3.05, 3.63) is 41.8 Å². The summed E-state index contributed by atoms with van der Waals surface area (Å²) in [5, 5.41) is 15.9. The van der Waals surface area contributed by atoms with E-state index in [4.69, 9.17) is 10.8 Å². The Hall–Kier alpha value is -3.28. The normalized spacial score (nSPS) is 19.0. The van der Waals surface area contributed by atoms with E-state index in [1.807, 2.05) is 6.92 Å². The Morgan fingerprint density at radius 3 is 2.66 bits per heavy atom. The summed E-state index contributed by atoms with van der Waals surface area (Å²) in [7, 11) is 0. The Bertz CT molecular complexity index is 967. The molecule has 1 aromatic carbocycles. The van der Waals surface area contributed by atoms with Crippen LogP contribution in [0.15, 0.2) is 30.5 Å². The summed E-state index contributed by atoms with van der Waals surface area (Å²) in [5.74, 6) is -4.46. The number of amides is 2. The number of ether oxygens (including phenoxy) is 1. The second-order valence-corrected chi connectivity index (χ2v) is 7.72. The molecule has 174 valence electrons. The average molecular weight is 455 g/mol. The molecule has 2 aromatic rings. The number of carbonyl (C=O) groups excluding carboxylic acids is 2. The number of alkyl halides is 2. The summed E-state index contributed by atoms with van der Waals surface area (Å²) in [4.78, 5) is 25.4. The van der Waals surface area contributed by atoms with Crippen molar-refractivity contribution in [3.63, 3.8) is 0 Å². The number of carbonyl (C=O) groups is 2. The molecule has 2 atom stereocenters. The van der Waals surface area contributed by atoms with Crippen LogP contribution in [0.1, 0.15) is 29.7 Å². The third kappa shape index (κ3) is 5.49. The second-order valence-electron chi connectivity index (χ2n) is 7.72. The number of aromatic nitrogens is 2. The van der Waals surface area contributed by atoms with Crippen LogP contribution in [0.5, 0.6) is 0 Å². The number of likely N-dealkylation sites (tertiary alicyclic amines) is 1. The maximum atomic E-state index is 13.2. The van der Waals surface area contributed by atoms with E-state index in [1.165, 1.54) is 40.0 Å². The van der Waals surface area contributed by atoms with Gasteiger partial charge in [0.1, 0.15) is 18.0 Å². The van der Waals surface area contributed by atoms with Gasteiger partial charge < -0.3 is 25.8 Å². The number of hydrogen-bond acceptors (Lipinski definition) is 6. The Labute approximate surface area is 181 Å². The summed E-state index contributed by atoms with van der Waals surface area (Å²) in [5.41, 5.74) is 6.06. The average Bonchev–Trinajstić information content (AvgIpc) is 3.18. The van der Waals surface area contributed by atoms with Gasteiger partial charge in [0, 0.05) is 25.0 Å². The highest BCUT2D eigenvalue weighted by atomic mass is 19.3. The van der Waals surface area contributed by atoms with Crippen molar-refractivity contribution in [2.45, 2.75) is 25.3 Å². The highest BCUT2D eigenvalue weighted by Gasteiger charge is 2.35. The van der Waals surface area contributed by atoms with E-state index in [-0.39, 0.29) is 29.9 Å². The molecule has 2 heterocycles. The van der Waals surface area contributed by atoms with Gasteiger partial charge in [0.25, 0.3) is 5.91 Å². The molecular weight excluding hydrogens is 431 g/mol. The van der Waals surface area contributed by atoms with Gasteiger partial charge in [-0.2, -0.15) is 5.10 Å². The lowest BCUT2D eigenvalue weighted by molar-refractivity contribution is -0.0944. The van der Waals surface area contributed by atoms with Crippen LogP contribution in [0, 0.1) is 11.7 Å². The van der Waals surface area contributed by atoms with Gasteiger partial charge in [-0.3, -0.25) is 9.48 Å². The Balaban J connectivity index is 1.77. The molecule has 0 bridgehead atoms. The number of nitrogens with zero attached hydrogens (tertiary/aromatic N) is 3. The molecule has 1 aromatic heterocycles. The van der Waals surface area contributed by atoms with Gasteiger partial charge in [0.15, 0.2) is 12.4 Å².